The molecule has 1 atom stereocenters. The fraction of sp³-hybridized carbons (Fsp3) is 0.500. The molecule has 0 radical (unpaired) electrons. The van der Waals surface area contributed by atoms with Gasteiger partial charge in [-0.25, -0.2) is 0 Å². The van der Waals surface area contributed by atoms with Gasteiger partial charge in [0.15, 0.2) is 0 Å². The van der Waals surface area contributed by atoms with Crippen molar-refractivity contribution in [1.29, 1.82) is 0 Å². The first-order valence-corrected chi connectivity index (χ1v) is 6.86. The second-order valence-corrected chi connectivity index (χ2v) is 5.39. The Morgan fingerprint density at radius 3 is 2.76 bits per heavy atom. The smallest absolute Gasteiger partial charge is 0.0594 e. The minimum Gasteiger partial charge on any atom is -0.379 e. The Kier molecular flexibility index (Phi) is 4.82. The quantitative estimate of drug-likeness (QED) is 0.930. The lowest BCUT2D eigenvalue weighted by molar-refractivity contribution is 0.0179. The second-order valence-electron chi connectivity index (χ2n) is 4.07. The van der Waals surface area contributed by atoms with E-state index in [0.717, 1.165) is 41.4 Å². The molecule has 0 aliphatic carbocycles. The standard InChI is InChI=1S/C12H16BrClN2O/c13-9-1-2-11(14)10(7-9)12(8-15)16-3-5-17-6-4-16/h1-2,7,12H,3-6,8,15H2. The fourth-order valence-corrected chi connectivity index (χ4v) is 2.75. The summed E-state index contributed by atoms with van der Waals surface area (Å²) >= 11 is 9.73. The normalized spacial score (nSPS) is 19.2. The average Bonchev–Trinajstić information content (AvgIpc) is 2.36. The average molecular weight is 320 g/mol. The molecule has 0 spiro atoms. The third kappa shape index (κ3) is 3.20. The van der Waals surface area contributed by atoms with Crippen LogP contribution in [0.2, 0.25) is 5.02 Å². The van der Waals surface area contributed by atoms with Gasteiger partial charge in [-0.15, -0.1) is 0 Å². The van der Waals surface area contributed by atoms with Crippen LogP contribution in [0.15, 0.2) is 22.7 Å². The molecule has 3 nitrogen and oxygen atoms in total. The molecule has 1 aromatic rings. The number of hydrogen-bond donors (Lipinski definition) is 1. The highest BCUT2D eigenvalue weighted by Gasteiger charge is 2.23. The third-order valence-corrected chi connectivity index (χ3v) is 3.86. The van der Waals surface area contributed by atoms with Crippen molar-refractivity contribution in [2.75, 3.05) is 32.8 Å². The number of nitrogens with two attached hydrogens (primary N) is 1. The topological polar surface area (TPSA) is 38.5 Å². The molecule has 1 aliphatic rings. The van der Waals surface area contributed by atoms with Crippen LogP contribution in [0.3, 0.4) is 0 Å². The van der Waals surface area contributed by atoms with Crippen molar-refractivity contribution in [1.82, 2.24) is 4.90 Å². The Labute approximate surface area is 115 Å². The molecule has 0 aromatic heterocycles. The Balaban J connectivity index is 2.24. The first-order chi connectivity index (χ1) is 8.22. The van der Waals surface area contributed by atoms with Gasteiger partial charge in [-0.2, -0.15) is 0 Å². The highest BCUT2D eigenvalue weighted by Crippen LogP contribution is 2.30. The van der Waals surface area contributed by atoms with E-state index in [-0.39, 0.29) is 6.04 Å². The maximum Gasteiger partial charge on any atom is 0.0594 e. The van der Waals surface area contributed by atoms with Crippen molar-refractivity contribution in [2.45, 2.75) is 6.04 Å². The van der Waals surface area contributed by atoms with E-state index in [9.17, 15) is 0 Å². The molecule has 94 valence electrons. The van der Waals surface area contributed by atoms with E-state index in [0.29, 0.717) is 6.54 Å². The molecule has 5 heteroatoms. The lowest BCUT2D eigenvalue weighted by Crippen LogP contribution is -2.41. The minimum absolute atomic E-state index is 0.170. The molecule has 0 bridgehead atoms. The molecular formula is C12H16BrClN2O. The molecule has 0 amide bonds. The summed E-state index contributed by atoms with van der Waals surface area (Å²) in [7, 11) is 0. The molecule has 2 N–H and O–H groups in total. The maximum absolute atomic E-state index is 6.25. The summed E-state index contributed by atoms with van der Waals surface area (Å²) in [6.45, 7) is 3.91. The van der Waals surface area contributed by atoms with Gasteiger partial charge >= 0.3 is 0 Å². The molecule has 1 aromatic carbocycles. The van der Waals surface area contributed by atoms with Crippen molar-refractivity contribution in [3.05, 3.63) is 33.3 Å². The van der Waals surface area contributed by atoms with Crippen molar-refractivity contribution >= 4 is 27.5 Å². The molecule has 17 heavy (non-hydrogen) atoms. The van der Waals surface area contributed by atoms with Crippen LogP contribution in [0.5, 0.6) is 0 Å². The summed E-state index contributed by atoms with van der Waals surface area (Å²) in [6, 6.07) is 6.07. The summed E-state index contributed by atoms with van der Waals surface area (Å²) in [5.74, 6) is 0. The summed E-state index contributed by atoms with van der Waals surface area (Å²) in [6.07, 6.45) is 0. The van der Waals surface area contributed by atoms with Gasteiger partial charge in [0.05, 0.1) is 13.2 Å². The van der Waals surface area contributed by atoms with Gasteiger partial charge in [0, 0.05) is 35.2 Å². The first-order valence-electron chi connectivity index (χ1n) is 5.69. The van der Waals surface area contributed by atoms with Crippen LogP contribution in [0, 0.1) is 0 Å². The van der Waals surface area contributed by atoms with Gasteiger partial charge in [0.1, 0.15) is 0 Å². The molecular weight excluding hydrogens is 304 g/mol. The van der Waals surface area contributed by atoms with Gasteiger partial charge < -0.3 is 10.5 Å². The Morgan fingerprint density at radius 1 is 1.41 bits per heavy atom. The molecule has 1 saturated heterocycles. The molecule has 0 saturated carbocycles. The number of ether oxygens (including phenoxy) is 1. The molecule has 1 aliphatic heterocycles. The van der Waals surface area contributed by atoms with Crippen LogP contribution >= 0.6 is 27.5 Å². The van der Waals surface area contributed by atoms with E-state index in [1.54, 1.807) is 0 Å². The Morgan fingerprint density at radius 2 is 2.12 bits per heavy atom. The fourth-order valence-electron chi connectivity index (χ4n) is 2.13. The van der Waals surface area contributed by atoms with Gasteiger partial charge in [-0.1, -0.05) is 27.5 Å². The minimum atomic E-state index is 0.170. The maximum atomic E-state index is 6.25. The zero-order valence-electron chi connectivity index (χ0n) is 9.53. The number of morpholine rings is 1. The Bertz CT molecular complexity index is 383. The second kappa shape index (κ2) is 6.16. The Hall–Kier alpha value is -0.130. The van der Waals surface area contributed by atoms with Gasteiger partial charge in [0.25, 0.3) is 0 Å². The van der Waals surface area contributed by atoms with Crippen molar-refractivity contribution in [3.8, 4) is 0 Å². The van der Waals surface area contributed by atoms with E-state index in [1.165, 1.54) is 0 Å². The monoisotopic (exact) mass is 318 g/mol. The lowest BCUT2D eigenvalue weighted by atomic mass is 10.0. The predicted molar refractivity (Wildman–Crippen MR) is 73.3 cm³/mol. The number of nitrogens with zero attached hydrogens (tertiary/aromatic N) is 1. The SMILES string of the molecule is NCC(c1cc(Br)ccc1Cl)N1CCOCC1. The zero-order valence-corrected chi connectivity index (χ0v) is 11.9. The van der Waals surface area contributed by atoms with Gasteiger partial charge in [0.2, 0.25) is 0 Å². The van der Waals surface area contributed by atoms with Crippen molar-refractivity contribution in [3.63, 3.8) is 0 Å². The summed E-state index contributed by atoms with van der Waals surface area (Å²) in [5, 5.41) is 0.773. The van der Waals surface area contributed by atoms with E-state index in [4.69, 9.17) is 22.1 Å². The van der Waals surface area contributed by atoms with Crippen molar-refractivity contribution < 1.29 is 4.74 Å². The molecule has 1 fully saturated rings. The largest absolute Gasteiger partial charge is 0.379 e. The van der Waals surface area contributed by atoms with Crippen LogP contribution in [0.1, 0.15) is 11.6 Å². The molecule has 2 rings (SSSR count). The van der Waals surface area contributed by atoms with E-state index >= 15 is 0 Å². The summed E-state index contributed by atoms with van der Waals surface area (Å²) < 4.78 is 6.39. The number of halogens is 2. The first kappa shape index (κ1) is 13.3. The zero-order chi connectivity index (χ0) is 12.3. The predicted octanol–water partition coefficient (Wildman–Crippen LogP) is 2.43. The highest BCUT2D eigenvalue weighted by molar-refractivity contribution is 9.10. The third-order valence-electron chi connectivity index (χ3n) is 3.03. The summed E-state index contributed by atoms with van der Waals surface area (Å²) in [5.41, 5.74) is 6.99. The van der Waals surface area contributed by atoms with Crippen LogP contribution in [-0.2, 0) is 4.74 Å². The van der Waals surface area contributed by atoms with E-state index < -0.39 is 0 Å². The van der Waals surface area contributed by atoms with E-state index in [2.05, 4.69) is 26.9 Å². The highest BCUT2D eigenvalue weighted by atomic mass is 79.9. The van der Waals surface area contributed by atoms with Crippen LogP contribution in [0.25, 0.3) is 0 Å². The van der Waals surface area contributed by atoms with E-state index in [1.807, 2.05) is 12.1 Å². The molecule has 1 heterocycles. The van der Waals surface area contributed by atoms with Gasteiger partial charge in [-0.3, -0.25) is 4.90 Å². The van der Waals surface area contributed by atoms with Crippen LogP contribution in [0.4, 0.5) is 0 Å². The van der Waals surface area contributed by atoms with Gasteiger partial charge in [-0.05, 0) is 23.8 Å². The lowest BCUT2D eigenvalue weighted by Gasteiger charge is -2.34. The molecule has 1 unspecified atom stereocenters. The number of benzene rings is 1. The van der Waals surface area contributed by atoms with Crippen LogP contribution < -0.4 is 5.73 Å². The van der Waals surface area contributed by atoms with Crippen molar-refractivity contribution in [2.24, 2.45) is 5.73 Å². The number of hydrogen-bond acceptors (Lipinski definition) is 3. The van der Waals surface area contributed by atoms with Crippen LogP contribution in [-0.4, -0.2) is 37.7 Å². The summed E-state index contributed by atoms with van der Waals surface area (Å²) in [4.78, 5) is 2.33. The number of rotatable bonds is 3.